The summed E-state index contributed by atoms with van der Waals surface area (Å²) in [5.74, 6) is 0.638. The average molecular weight is 464 g/mol. The molecule has 1 amide bonds. The summed E-state index contributed by atoms with van der Waals surface area (Å²) in [4.78, 5) is 24.4. The molecule has 29 heavy (non-hydrogen) atoms. The molecule has 1 fully saturated rings. The molecule has 0 atom stereocenters. The van der Waals surface area contributed by atoms with Crippen molar-refractivity contribution < 1.29 is 19.2 Å². The van der Waals surface area contributed by atoms with Crippen LogP contribution >= 0.6 is 15.9 Å². The smallest absolute Gasteiger partial charge is 0.410 e. The van der Waals surface area contributed by atoms with E-state index in [0.29, 0.717) is 23.3 Å². The van der Waals surface area contributed by atoms with Crippen molar-refractivity contribution in [2.24, 2.45) is 0 Å². The number of carbonyl (C=O) groups excluding carboxylic acids is 1. The Morgan fingerprint density at radius 3 is 2.62 bits per heavy atom. The number of nitro groups is 1. The van der Waals surface area contributed by atoms with Crippen LogP contribution in [0.25, 0.3) is 0 Å². The first-order chi connectivity index (χ1) is 13.6. The van der Waals surface area contributed by atoms with Gasteiger partial charge < -0.3 is 19.7 Å². The summed E-state index contributed by atoms with van der Waals surface area (Å²) in [5.41, 5.74) is 0.164. The third-order valence-electron chi connectivity index (χ3n) is 4.08. The van der Waals surface area contributed by atoms with Gasteiger partial charge in [0.25, 0.3) is 0 Å². The van der Waals surface area contributed by atoms with Crippen LogP contribution in [0.5, 0.6) is 11.5 Å². The van der Waals surface area contributed by atoms with E-state index in [1.54, 1.807) is 35.2 Å². The molecule has 0 saturated carbocycles. The van der Waals surface area contributed by atoms with E-state index >= 15 is 0 Å². The highest BCUT2D eigenvalue weighted by atomic mass is 79.9. The fraction of sp³-hybridized carbons (Fsp3) is 0.350. The number of hydrogen-bond acceptors (Lipinski definition) is 6. The second kappa shape index (κ2) is 8.28. The maximum Gasteiger partial charge on any atom is 0.410 e. The van der Waals surface area contributed by atoms with Gasteiger partial charge in [0, 0.05) is 35.4 Å². The zero-order chi connectivity index (χ0) is 21.2. The summed E-state index contributed by atoms with van der Waals surface area (Å²) in [7, 11) is 0. The summed E-state index contributed by atoms with van der Waals surface area (Å²) in [6.45, 7) is 6.58. The molecule has 2 aromatic carbocycles. The fourth-order valence-electron chi connectivity index (χ4n) is 2.78. The topological polar surface area (TPSA) is 93.9 Å². The van der Waals surface area contributed by atoms with Crippen LogP contribution in [-0.2, 0) is 4.74 Å². The zero-order valence-corrected chi connectivity index (χ0v) is 17.9. The second-order valence-corrected chi connectivity index (χ2v) is 8.64. The number of rotatable bonds is 5. The van der Waals surface area contributed by atoms with E-state index < -0.39 is 10.5 Å². The lowest BCUT2D eigenvalue weighted by atomic mass is 10.1. The van der Waals surface area contributed by atoms with Crippen LogP contribution in [0, 0.1) is 10.1 Å². The number of hydrogen-bond donors (Lipinski definition) is 1. The highest BCUT2D eigenvalue weighted by molar-refractivity contribution is 9.10. The summed E-state index contributed by atoms with van der Waals surface area (Å²) in [6, 6.07) is 11.9. The SMILES string of the molecule is CC(C)(C)OC(=O)N1CC(Nc2cccc(Oc3ccc(Br)cc3[N+](=O)[O-])c2)C1. The number of nitro benzene ring substituents is 1. The molecular weight excluding hydrogens is 442 g/mol. The van der Waals surface area contributed by atoms with E-state index in [9.17, 15) is 14.9 Å². The molecule has 2 aromatic rings. The average Bonchev–Trinajstić information content (AvgIpc) is 2.58. The minimum atomic E-state index is -0.517. The van der Waals surface area contributed by atoms with E-state index in [0.717, 1.165) is 5.69 Å². The van der Waals surface area contributed by atoms with Gasteiger partial charge in [0.15, 0.2) is 0 Å². The Labute approximate surface area is 177 Å². The minimum absolute atomic E-state index is 0.0970. The van der Waals surface area contributed by atoms with Crippen LogP contribution in [0.3, 0.4) is 0 Å². The highest BCUT2D eigenvalue weighted by Crippen LogP contribution is 2.34. The third-order valence-corrected chi connectivity index (χ3v) is 4.58. The summed E-state index contributed by atoms with van der Waals surface area (Å²) < 4.78 is 11.7. The van der Waals surface area contributed by atoms with Gasteiger partial charge >= 0.3 is 11.8 Å². The Bertz CT molecular complexity index is 923. The molecule has 0 unspecified atom stereocenters. The fourth-order valence-corrected chi connectivity index (χ4v) is 3.13. The molecule has 1 N–H and O–H groups in total. The van der Waals surface area contributed by atoms with Gasteiger partial charge in [-0.3, -0.25) is 10.1 Å². The Morgan fingerprint density at radius 2 is 1.97 bits per heavy atom. The van der Waals surface area contributed by atoms with Crippen molar-refractivity contribution in [3.05, 3.63) is 57.1 Å². The van der Waals surface area contributed by atoms with Crippen LogP contribution in [0.2, 0.25) is 0 Å². The van der Waals surface area contributed by atoms with Crippen LogP contribution in [0.15, 0.2) is 46.9 Å². The first kappa shape index (κ1) is 20.9. The number of likely N-dealkylation sites (tertiary alicyclic amines) is 1. The molecule has 0 aromatic heterocycles. The van der Waals surface area contributed by atoms with Gasteiger partial charge in [-0.15, -0.1) is 0 Å². The van der Waals surface area contributed by atoms with Crippen molar-refractivity contribution >= 4 is 33.4 Å². The van der Waals surface area contributed by atoms with Crippen molar-refractivity contribution in [1.82, 2.24) is 4.90 Å². The molecule has 8 nitrogen and oxygen atoms in total. The van der Waals surface area contributed by atoms with Gasteiger partial charge in [0.1, 0.15) is 11.4 Å². The van der Waals surface area contributed by atoms with Gasteiger partial charge in [-0.1, -0.05) is 22.0 Å². The van der Waals surface area contributed by atoms with E-state index in [2.05, 4.69) is 21.2 Å². The zero-order valence-electron chi connectivity index (χ0n) is 16.3. The maximum atomic E-state index is 12.0. The number of nitrogens with one attached hydrogen (secondary N) is 1. The van der Waals surface area contributed by atoms with Crippen LogP contribution in [-0.4, -0.2) is 40.6 Å². The number of nitrogens with zero attached hydrogens (tertiary/aromatic N) is 2. The number of anilines is 1. The van der Waals surface area contributed by atoms with E-state index in [4.69, 9.17) is 9.47 Å². The highest BCUT2D eigenvalue weighted by Gasteiger charge is 2.33. The molecule has 1 heterocycles. The van der Waals surface area contributed by atoms with Crippen molar-refractivity contribution in [3.63, 3.8) is 0 Å². The Balaban J connectivity index is 1.60. The van der Waals surface area contributed by atoms with Crippen molar-refractivity contribution in [2.75, 3.05) is 18.4 Å². The first-order valence-electron chi connectivity index (χ1n) is 9.07. The first-order valence-corrected chi connectivity index (χ1v) is 9.86. The van der Waals surface area contributed by atoms with Crippen LogP contribution < -0.4 is 10.1 Å². The van der Waals surface area contributed by atoms with Gasteiger partial charge in [0.2, 0.25) is 5.75 Å². The molecule has 0 aliphatic carbocycles. The summed E-state index contributed by atoms with van der Waals surface area (Å²) >= 11 is 3.23. The standard InChI is InChI=1S/C20H22BrN3O5/c1-20(2,3)29-19(25)23-11-15(12-23)22-14-5-4-6-16(10-14)28-18-8-7-13(21)9-17(18)24(26)27/h4-10,15,22H,11-12H2,1-3H3. The number of benzene rings is 2. The molecule has 9 heteroatoms. The number of amides is 1. The molecule has 154 valence electrons. The van der Waals surface area contributed by atoms with Crippen molar-refractivity contribution in [2.45, 2.75) is 32.4 Å². The molecule has 0 spiro atoms. The molecule has 0 bridgehead atoms. The number of ether oxygens (including phenoxy) is 2. The quantitative estimate of drug-likeness (QED) is 0.484. The molecule has 1 saturated heterocycles. The normalized spacial score (nSPS) is 14.1. The molecule has 1 aliphatic rings. The monoisotopic (exact) mass is 463 g/mol. The van der Waals surface area contributed by atoms with Crippen LogP contribution in [0.4, 0.5) is 16.2 Å². The molecule has 3 rings (SSSR count). The third kappa shape index (κ3) is 5.60. The van der Waals surface area contributed by atoms with Crippen LogP contribution in [0.1, 0.15) is 20.8 Å². The van der Waals surface area contributed by atoms with E-state index in [1.165, 1.54) is 6.07 Å². The minimum Gasteiger partial charge on any atom is -0.450 e. The number of carbonyl (C=O) groups is 1. The predicted molar refractivity (Wildman–Crippen MR) is 113 cm³/mol. The second-order valence-electron chi connectivity index (χ2n) is 7.73. The lowest BCUT2D eigenvalue weighted by molar-refractivity contribution is -0.385. The van der Waals surface area contributed by atoms with Gasteiger partial charge in [-0.05, 0) is 45.0 Å². The Kier molecular flexibility index (Phi) is 5.97. The van der Waals surface area contributed by atoms with Crippen molar-refractivity contribution in [1.29, 1.82) is 0 Å². The summed E-state index contributed by atoms with van der Waals surface area (Å²) in [5, 5.41) is 14.6. The number of halogens is 1. The lowest BCUT2D eigenvalue weighted by Gasteiger charge is -2.40. The summed E-state index contributed by atoms with van der Waals surface area (Å²) in [6.07, 6.45) is -0.324. The van der Waals surface area contributed by atoms with E-state index in [1.807, 2.05) is 26.8 Å². The molecule has 0 radical (unpaired) electrons. The maximum absolute atomic E-state index is 12.0. The van der Waals surface area contributed by atoms with Gasteiger partial charge in [0.05, 0.1) is 11.0 Å². The largest absolute Gasteiger partial charge is 0.450 e. The molecular formula is C20H22BrN3O5. The lowest BCUT2D eigenvalue weighted by Crippen LogP contribution is -2.57. The Hall–Kier alpha value is -2.81. The van der Waals surface area contributed by atoms with E-state index in [-0.39, 0.29) is 23.6 Å². The van der Waals surface area contributed by atoms with Crippen molar-refractivity contribution in [3.8, 4) is 11.5 Å². The molecule has 1 aliphatic heterocycles. The Morgan fingerprint density at radius 1 is 1.24 bits per heavy atom. The van der Waals surface area contributed by atoms with Gasteiger partial charge in [-0.25, -0.2) is 4.79 Å². The predicted octanol–water partition coefficient (Wildman–Crippen LogP) is 5.18. The van der Waals surface area contributed by atoms with Gasteiger partial charge in [-0.2, -0.15) is 0 Å².